The van der Waals surface area contributed by atoms with Gasteiger partial charge in [-0.3, -0.25) is 0 Å². The molecule has 0 nitrogen and oxygen atoms in total. The lowest BCUT2D eigenvalue weighted by Crippen LogP contribution is -1.94. The van der Waals surface area contributed by atoms with Crippen LogP contribution in [0.4, 0.5) is 0 Å². The van der Waals surface area contributed by atoms with Crippen molar-refractivity contribution in [3.05, 3.63) is 419 Å². The molecule has 0 spiro atoms. The van der Waals surface area contributed by atoms with Crippen molar-refractivity contribution in [3.63, 3.8) is 0 Å². The largest absolute Gasteiger partial charge is 0.172 e. The minimum absolute atomic E-state index is 1.06. The average Bonchev–Trinajstić information content (AvgIpc) is 1.70. The van der Waals surface area contributed by atoms with E-state index in [1.165, 1.54) is 207 Å². The van der Waals surface area contributed by atoms with Gasteiger partial charge in [-0.1, -0.05) is 370 Å². The van der Waals surface area contributed by atoms with Crippen LogP contribution in [0.25, 0.3) is 198 Å². The van der Waals surface area contributed by atoms with Crippen LogP contribution in [0, 0.1) is 0 Å². The fourth-order valence-corrected chi connectivity index (χ4v) is 20.7. The predicted molar refractivity (Wildman–Crippen MR) is 467 cm³/mol. The Labute approximate surface area is 637 Å². The van der Waals surface area contributed by atoms with E-state index in [0.717, 1.165) is 5.56 Å². The summed E-state index contributed by atoms with van der Waals surface area (Å²) in [6.07, 6.45) is 0. The monoisotopic (exact) mass is 1400 g/mol. The second-order valence-corrected chi connectivity index (χ2v) is 30.9. The van der Waals surface area contributed by atoms with Crippen molar-refractivity contribution in [2.24, 2.45) is 0 Å². The van der Waals surface area contributed by atoms with E-state index in [1.807, 2.05) is 0 Å². The highest BCUT2D eigenvalue weighted by Gasteiger charge is 2.32. The Morgan fingerprint density at radius 1 is 0.119 bits per heavy atom. The second kappa shape index (κ2) is 26.7. The summed E-state index contributed by atoms with van der Waals surface area (Å²) in [5.41, 5.74) is 29.2. The van der Waals surface area contributed by atoms with Gasteiger partial charge in [0.2, 0.25) is 0 Å². The maximum absolute atomic E-state index is 2.59. The summed E-state index contributed by atoms with van der Waals surface area (Å²) in [4.78, 5) is 4.07. The van der Waals surface area contributed by atoms with Gasteiger partial charge in [0.05, 0.1) is 0 Å². The van der Waals surface area contributed by atoms with Gasteiger partial charge in [0.25, 0.3) is 0 Å². The van der Waals surface area contributed by atoms with Gasteiger partial charge in [-0.15, -0.1) is 0 Å². The average molecular weight is 1400 g/mol. The molecule has 0 aliphatic carbocycles. The van der Waals surface area contributed by atoms with Gasteiger partial charge in [-0.05, 0) is 246 Å². The van der Waals surface area contributed by atoms with Crippen molar-refractivity contribution >= 4 is 75.5 Å². The number of hydrogen-bond acceptors (Lipinski definition) is 0. The zero-order chi connectivity index (χ0) is 71.9. The summed E-state index contributed by atoms with van der Waals surface area (Å²) < 4.78 is 0. The van der Waals surface area contributed by atoms with Gasteiger partial charge in [-0.25, -0.2) is 0 Å². The first-order valence-corrected chi connectivity index (χ1v) is 39.1. The highest BCUT2D eigenvalue weighted by molar-refractivity contribution is 8.17. The Bertz CT molecular complexity index is 6980. The van der Waals surface area contributed by atoms with Gasteiger partial charge < -0.3 is 0 Å². The molecule has 0 aromatic heterocycles. The van der Waals surface area contributed by atoms with Crippen molar-refractivity contribution in [1.82, 2.24) is 0 Å². The number of thiol groups is 1. The van der Waals surface area contributed by atoms with Gasteiger partial charge >= 0.3 is 0 Å². The molecule has 0 bridgehead atoms. The SMILES string of the molecule is c1ccc(-c2cccc(-c3c4ccccc4c(-c4ccccc4-c4ccccc4)c4ccc(-c5cccc6c5-c5ccccc5[SH]6c5ccc6c(-c7ccccc7)c7ccc(-c8ccc9c(-c%10ccccc%10-c%10ccccc%10)c%10ccccc%10c(-c%10ccccc%10)c9c8)cc7c(-c7ccccc7)c6c5)cc34)c2)cc1. The minimum atomic E-state index is -1.06. The number of rotatable bonds is 12. The van der Waals surface area contributed by atoms with Crippen LogP contribution in [-0.4, -0.2) is 0 Å². The van der Waals surface area contributed by atoms with Crippen molar-refractivity contribution in [2.75, 3.05) is 0 Å². The molecule has 0 radical (unpaired) electrons. The molecule has 0 fully saturated rings. The third-order valence-electron chi connectivity index (χ3n) is 22.8. The molecule has 0 saturated heterocycles. The molecule has 1 heteroatoms. The quantitative estimate of drug-likeness (QED) is 0.0915. The van der Waals surface area contributed by atoms with Gasteiger partial charge in [0.1, 0.15) is 0 Å². The van der Waals surface area contributed by atoms with Crippen LogP contribution >= 0.6 is 10.9 Å². The first-order chi connectivity index (χ1) is 54.1. The molecular formula is C108H70S. The molecule has 508 valence electrons. The van der Waals surface area contributed by atoms with Crippen molar-refractivity contribution in [3.8, 4) is 134 Å². The van der Waals surface area contributed by atoms with Gasteiger partial charge in [-0.2, -0.15) is 10.9 Å². The Balaban J connectivity index is 0.772. The zero-order valence-corrected chi connectivity index (χ0v) is 60.7. The number of hydrogen-bond donors (Lipinski definition) is 1. The third-order valence-corrected chi connectivity index (χ3v) is 25.3. The molecule has 0 amide bonds. The van der Waals surface area contributed by atoms with E-state index < -0.39 is 10.9 Å². The van der Waals surface area contributed by atoms with E-state index in [1.54, 1.807) is 0 Å². The number of fused-ring (bicyclic) bond motifs is 9. The number of benzene rings is 20. The lowest BCUT2D eigenvalue weighted by molar-refractivity contribution is 1.42. The van der Waals surface area contributed by atoms with Crippen molar-refractivity contribution < 1.29 is 0 Å². The molecule has 1 atom stereocenters. The maximum atomic E-state index is 2.59. The fraction of sp³-hybridized carbons (Fsp3) is 0. The first kappa shape index (κ1) is 63.8. The molecule has 1 heterocycles. The highest BCUT2D eigenvalue weighted by atomic mass is 32.2. The van der Waals surface area contributed by atoms with Crippen molar-refractivity contribution in [1.29, 1.82) is 0 Å². The lowest BCUT2D eigenvalue weighted by Gasteiger charge is -2.23. The summed E-state index contributed by atoms with van der Waals surface area (Å²) in [6, 6.07) is 157. The maximum Gasteiger partial charge on any atom is 0.00405 e. The van der Waals surface area contributed by atoms with Crippen LogP contribution in [0.15, 0.2) is 433 Å². The molecular weight excluding hydrogens is 1330 g/mol. The van der Waals surface area contributed by atoms with E-state index in [4.69, 9.17) is 0 Å². The smallest absolute Gasteiger partial charge is 0.00405 e. The van der Waals surface area contributed by atoms with Crippen LogP contribution in [0.5, 0.6) is 0 Å². The van der Waals surface area contributed by atoms with E-state index in [9.17, 15) is 0 Å². The Kier molecular flexibility index (Phi) is 15.6. The third kappa shape index (κ3) is 10.8. The van der Waals surface area contributed by atoms with E-state index in [-0.39, 0.29) is 0 Å². The molecule has 0 saturated carbocycles. The fourth-order valence-electron chi connectivity index (χ4n) is 18.0. The summed E-state index contributed by atoms with van der Waals surface area (Å²) >= 11 is 0. The molecule has 20 aromatic rings. The van der Waals surface area contributed by atoms with Crippen LogP contribution in [0.3, 0.4) is 0 Å². The van der Waals surface area contributed by atoms with Crippen LogP contribution < -0.4 is 0 Å². The molecule has 21 rings (SSSR count). The molecule has 1 aliphatic heterocycles. The van der Waals surface area contributed by atoms with E-state index >= 15 is 0 Å². The Morgan fingerprint density at radius 3 is 0.917 bits per heavy atom. The molecule has 20 aromatic carbocycles. The summed E-state index contributed by atoms with van der Waals surface area (Å²) in [6.45, 7) is 0. The predicted octanol–water partition coefficient (Wildman–Crippen LogP) is 30.4. The van der Waals surface area contributed by atoms with Crippen molar-refractivity contribution in [2.45, 2.75) is 14.7 Å². The summed E-state index contributed by atoms with van der Waals surface area (Å²) in [7, 11) is -1.06. The van der Waals surface area contributed by atoms with E-state index in [0.29, 0.717) is 0 Å². The summed E-state index contributed by atoms with van der Waals surface area (Å²) in [5.74, 6) is 0. The van der Waals surface area contributed by atoms with E-state index in [2.05, 4.69) is 419 Å². The zero-order valence-electron chi connectivity index (χ0n) is 59.8. The molecule has 1 unspecified atom stereocenters. The van der Waals surface area contributed by atoms with Crippen LogP contribution in [-0.2, 0) is 0 Å². The molecule has 0 N–H and O–H groups in total. The summed E-state index contributed by atoms with van der Waals surface area (Å²) in [5, 5.41) is 14.7. The molecule has 109 heavy (non-hydrogen) atoms. The second-order valence-electron chi connectivity index (χ2n) is 28.8. The van der Waals surface area contributed by atoms with Gasteiger partial charge in [0, 0.05) is 15.4 Å². The Hall–Kier alpha value is -13.7. The van der Waals surface area contributed by atoms with Crippen LogP contribution in [0.2, 0.25) is 0 Å². The minimum Gasteiger partial charge on any atom is -0.172 e. The first-order valence-electron chi connectivity index (χ1n) is 37.8. The molecule has 1 aliphatic rings. The van der Waals surface area contributed by atoms with Gasteiger partial charge in [0.15, 0.2) is 0 Å². The Morgan fingerprint density at radius 2 is 0.413 bits per heavy atom. The standard InChI is InChI=1S/C108H70S/c1-7-31-70(32-8-1)76-43-29-44-80(65-76)105-88-50-24-26-52-90(88)107(86-48-22-20-46-83(86)72-35-11-3-12-36-72)94-63-59-79(68-98(94)105)84-54-30-56-101-108(84)95-53-27-28-55-100(95)109(101)81-60-64-92-99(69-81)104(75-41-17-6-18-42-75)96-66-77(57-61-91(96)102(92)73-37-13-4-14-38-73)78-58-62-93-97(67-78)103(74-39-15-5-16-40-74)87-49-23-25-51-89(87)106(93)85-47-21-19-45-82(85)71-33-9-2-10-34-71/h1-69,109H. The lowest BCUT2D eigenvalue weighted by atomic mass is 9.82. The van der Waals surface area contributed by atoms with Crippen LogP contribution in [0.1, 0.15) is 0 Å². The normalized spacial score (nSPS) is 12.8. The highest BCUT2D eigenvalue weighted by Crippen LogP contribution is 2.65. The topological polar surface area (TPSA) is 0 Å².